The first-order chi connectivity index (χ1) is 10.0. The summed E-state index contributed by atoms with van der Waals surface area (Å²) in [6.45, 7) is 3.60. The minimum Gasteiger partial charge on any atom is -0.369 e. The van der Waals surface area contributed by atoms with Crippen molar-refractivity contribution >= 4 is 23.7 Å². The van der Waals surface area contributed by atoms with Gasteiger partial charge in [-0.1, -0.05) is 0 Å². The van der Waals surface area contributed by atoms with Gasteiger partial charge in [0, 0.05) is 13.1 Å². The van der Waals surface area contributed by atoms with Crippen LogP contribution < -0.4 is 15.5 Å². The summed E-state index contributed by atoms with van der Waals surface area (Å²) in [5.74, 6) is -0.803. The lowest BCUT2D eigenvalue weighted by Gasteiger charge is -2.19. The lowest BCUT2D eigenvalue weighted by molar-refractivity contribution is -0.115. The summed E-state index contributed by atoms with van der Waals surface area (Å²) in [7, 11) is 0. The number of nitrogens with zero attached hydrogens (tertiary/aromatic N) is 1. The van der Waals surface area contributed by atoms with Gasteiger partial charge in [-0.05, 0) is 49.1 Å². The Hall–Kier alpha value is -2.37. The largest absolute Gasteiger partial charge is 0.369 e. The van der Waals surface area contributed by atoms with Gasteiger partial charge in [-0.15, -0.1) is 0 Å². The van der Waals surface area contributed by atoms with Crippen molar-refractivity contribution in [3.8, 4) is 0 Å². The number of halogens is 1. The van der Waals surface area contributed by atoms with Crippen LogP contribution in [0.5, 0.6) is 0 Å². The van der Waals surface area contributed by atoms with Gasteiger partial charge in [0.15, 0.2) is 0 Å². The van der Waals surface area contributed by atoms with Crippen LogP contribution in [-0.4, -0.2) is 25.0 Å². The molecule has 0 atom stereocenters. The summed E-state index contributed by atoms with van der Waals surface area (Å²) in [6.07, 6.45) is 3.65. The smallest absolute Gasteiger partial charge is 0.326 e. The van der Waals surface area contributed by atoms with Crippen LogP contribution in [0.1, 0.15) is 24.0 Å². The molecule has 0 aromatic heterocycles. The Bertz CT molecular complexity index is 649. The van der Waals surface area contributed by atoms with E-state index in [-0.39, 0.29) is 11.5 Å². The highest BCUT2D eigenvalue weighted by atomic mass is 19.1. The van der Waals surface area contributed by atoms with E-state index in [4.69, 9.17) is 0 Å². The Labute approximate surface area is 121 Å². The third kappa shape index (κ3) is 2.61. The molecule has 2 saturated heterocycles. The van der Waals surface area contributed by atoms with Crippen LogP contribution in [0.3, 0.4) is 0 Å². The highest BCUT2D eigenvalue weighted by Crippen LogP contribution is 2.27. The van der Waals surface area contributed by atoms with Gasteiger partial charge >= 0.3 is 6.03 Å². The molecule has 5 nitrogen and oxygen atoms in total. The van der Waals surface area contributed by atoms with Crippen molar-refractivity contribution in [1.82, 2.24) is 10.6 Å². The zero-order chi connectivity index (χ0) is 15.0. The Morgan fingerprint density at radius 1 is 1.19 bits per heavy atom. The average Bonchev–Trinajstić information content (AvgIpc) is 3.04. The molecule has 1 aromatic rings. The van der Waals surface area contributed by atoms with Gasteiger partial charge < -0.3 is 10.2 Å². The molecule has 6 heteroatoms. The first kappa shape index (κ1) is 13.6. The molecular formula is C15H16FN3O2. The van der Waals surface area contributed by atoms with Gasteiger partial charge in [0.1, 0.15) is 11.5 Å². The molecule has 2 aliphatic heterocycles. The summed E-state index contributed by atoms with van der Waals surface area (Å²) in [5.41, 5.74) is 2.19. The number of nitrogens with one attached hydrogen (secondary N) is 2. The first-order valence-corrected chi connectivity index (χ1v) is 6.94. The topological polar surface area (TPSA) is 61.4 Å². The predicted molar refractivity (Wildman–Crippen MR) is 77.2 cm³/mol. The molecule has 3 rings (SSSR count). The van der Waals surface area contributed by atoms with E-state index in [1.54, 1.807) is 6.07 Å². The van der Waals surface area contributed by atoms with Gasteiger partial charge in [0.05, 0.1) is 5.69 Å². The zero-order valence-electron chi connectivity index (χ0n) is 11.7. The number of urea groups is 1. The molecule has 3 amide bonds. The summed E-state index contributed by atoms with van der Waals surface area (Å²) in [5, 5.41) is 4.52. The Morgan fingerprint density at radius 2 is 1.90 bits per heavy atom. The monoisotopic (exact) mass is 289 g/mol. The van der Waals surface area contributed by atoms with Crippen molar-refractivity contribution in [3.05, 3.63) is 34.8 Å². The fraction of sp³-hybridized carbons (Fsp3) is 0.333. The maximum atomic E-state index is 14.3. The van der Waals surface area contributed by atoms with E-state index in [0.29, 0.717) is 11.3 Å². The molecule has 110 valence electrons. The number of anilines is 1. The van der Waals surface area contributed by atoms with Crippen LogP contribution >= 0.6 is 0 Å². The van der Waals surface area contributed by atoms with E-state index in [0.717, 1.165) is 31.5 Å². The number of carbonyl (C=O) groups is 2. The molecule has 0 spiro atoms. The maximum Gasteiger partial charge on any atom is 0.326 e. The number of carbonyl (C=O) groups excluding carboxylic acids is 2. The Morgan fingerprint density at radius 3 is 2.52 bits per heavy atom. The SMILES string of the molecule is Cc1cc(N2CCCC2)c(F)cc1/C=C1/NC(=O)NC1=O. The number of benzene rings is 1. The lowest BCUT2D eigenvalue weighted by atomic mass is 10.1. The molecule has 2 N–H and O–H groups in total. The number of aryl methyl sites for hydroxylation is 1. The molecule has 0 saturated carbocycles. The molecule has 1 aromatic carbocycles. The quantitative estimate of drug-likeness (QED) is 0.646. The van der Waals surface area contributed by atoms with Crippen molar-refractivity contribution in [3.63, 3.8) is 0 Å². The van der Waals surface area contributed by atoms with Gasteiger partial charge in [-0.3, -0.25) is 10.1 Å². The Kier molecular flexibility index (Phi) is 3.37. The van der Waals surface area contributed by atoms with Gasteiger partial charge in [0.2, 0.25) is 0 Å². The van der Waals surface area contributed by atoms with Gasteiger partial charge in [-0.25, -0.2) is 9.18 Å². The van der Waals surface area contributed by atoms with Gasteiger partial charge in [0.25, 0.3) is 5.91 Å². The van der Waals surface area contributed by atoms with E-state index < -0.39 is 11.9 Å². The molecule has 2 heterocycles. The maximum absolute atomic E-state index is 14.3. The number of hydrogen-bond donors (Lipinski definition) is 2. The summed E-state index contributed by atoms with van der Waals surface area (Å²) in [6, 6.07) is 2.65. The molecule has 21 heavy (non-hydrogen) atoms. The molecule has 2 fully saturated rings. The van der Waals surface area contributed by atoms with Crippen LogP contribution in [0, 0.1) is 12.7 Å². The van der Waals surface area contributed by atoms with Crippen LogP contribution in [0.2, 0.25) is 0 Å². The lowest BCUT2D eigenvalue weighted by Crippen LogP contribution is -2.22. The number of imide groups is 1. The highest BCUT2D eigenvalue weighted by molar-refractivity contribution is 6.14. The minimum absolute atomic E-state index is 0.136. The van der Waals surface area contributed by atoms with Crippen molar-refractivity contribution < 1.29 is 14.0 Å². The molecule has 0 unspecified atom stereocenters. The predicted octanol–water partition coefficient (Wildman–Crippen LogP) is 1.91. The van der Waals surface area contributed by atoms with Crippen molar-refractivity contribution in [1.29, 1.82) is 0 Å². The normalized spacial score (nSPS) is 20.1. The summed E-state index contributed by atoms with van der Waals surface area (Å²) < 4.78 is 14.3. The fourth-order valence-electron chi connectivity index (χ4n) is 2.68. The molecule has 0 bridgehead atoms. The van der Waals surface area contributed by atoms with E-state index in [1.165, 1.54) is 12.1 Å². The second kappa shape index (κ2) is 5.20. The van der Waals surface area contributed by atoms with Crippen LogP contribution in [0.25, 0.3) is 6.08 Å². The molecule has 0 aliphatic carbocycles. The Balaban J connectivity index is 1.94. The summed E-state index contributed by atoms with van der Waals surface area (Å²) in [4.78, 5) is 24.6. The molecular weight excluding hydrogens is 273 g/mol. The average molecular weight is 289 g/mol. The third-order valence-electron chi connectivity index (χ3n) is 3.80. The number of hydrogen-bond acceptors (Lipinski definition) is 3. The zero-order valence-corrected chi connectivity index (χ0v) is 11.7. The third-order valence-corrected chi connectivity index (χ3v) is 3.80. The van der Waals surface area contributed by atoms with Crippen LogP contribution in [0.15, 0.2) is 17.8 Å². The highest BCUT2D eigenvalue weighted by Gasteiger charge is 2.23. The van der Waals surface area contributed by atoms with E-state index >= 15 is 0 Å². The van der Waals surface area contributed by atoms with Gasteiger partial charge in [-0.2, -0.15) is 0 Å². The standard InChI is InChI=1S/C15H16FN3O2/c1-9-6-13(19-4-2-3-5-19)11(16)7-10(9)8-12-14(20)18-15(21)17-12/h6-8H,2-5H2,1H3,(H2,17,18,20,21)/b12-8+. The first-order valence-electron chi connectivity index (χ1n) is 6.94. The van der Waals surface area contributed by atoms with Crippen molar-refractivity contribution in [2.45, 2.75) is 19.8 Å². The van der Waals surface area contributed by atoms with Crippen molar-refractivity contribution in [2.24, 2.45) is 0 Å². The van der Waals surface area contributed by atoms with Crippen LogP contribution in [-0.2, 0) is 4.79 Å². The van der Waals surface area contributed by atoms with E-state index in [1.807, 2.05) is 11.8 Å². The second-order valence-electron chi connectivity index (χ2n) is 5.32. The van der Waals surface area contributed by atoms with E-state index in [9.17, 15) is 14.0 Å². The summed E-state index contributed by atoms with van der Waals surface area (Å²) >= 11 is 0. The van der Waals surface area contributed by atoms with E-state index in [2.05, 4.69) is 10.6 Å². The van der Waals surface area contributed by atoms with Crippen LogP contribution in [0.4, 0.5) is 14.9 Å². The fourth-order valence-corrected chi connectivity index (χ4v) is 2.68. The molecule has 2 aliphatic rings. The molecule has 0 radical (unpaired) electrons. The number of rotatable bonds is 2. The minimum atomic E-state index is -0.557. The van der Waals surface area contributed by atoms with Crippen molar-refractivity contribution in [2.75, 3.05) is 18.0 Å². The number of amides is 3. The second-order valence-corrected chi connectivity index (χ2v) is 5.32.